The first-order chi connectivity index (χ1) is 10.4. The minimum Gasteiger partial charge on any atom is -0.484 e. The van der Waals surface area contributed by atoms with E-state index in [0.717, 1.165) is 11.1 Å². The molecule has 0 aromatic heterocycles. The first kappa shape index (κ1) is 18.6. The van der Waals surface area contributed by atoms with Crippen molar-refractivity contribution in [3.8, 4) is 5.75 Å². The number of aryl methyl sites for hydroxylation is 2. The largest absolute Gasteiger partial charge is 0.484 e. The second-order valence-corrected chi connectivity index (χ2v) is 5.55. The summed E-state index contributed by atoms with van der Waals surface area (Å²) in [4.78, 5) is 22.8. The summed E-state index contributed by atoms with van der Waals surface area (Å²) in [5.41, 5.74) is 1.80. The van der Waals surface area contributed by atoms with E-state index in [1.807, 2.05) is 13.8 Å². The number of halogens is 2. The minimum atomic E-state index is -0.253. The Hall–Kier alpha value is -1.46. The van der Waals surface area contributed by atoms with E-state index in [2.05, 4.69) is 10.6 Å². The molecule has 0 atom stereocenters. The van der Waals surface area contributed by atoms with Gasteiger partial charge in [0.05, 0.1) is 0 Å². The maximum atomic E-state index is 11.6. The number of hydrogen-bond acceptors (Lipinski definition) is 3. The van der Waals surface area contributed by atoms with Crippen LogP contribution in [0.25, 0.3) is 0 Å². The van der Waals surface area contributed by atoms with E-state index in [1.54, 1.807) is 12.1 Å². The average Bonchev–Trinajstić information content (AvgIpc) is 2.47. The Morgan fingerprint density at radius 1 is 1.09 bits per heavy atom. The van der Waals surface area contributed by atoms with Crippen molar-refractivity contribution in [2.45, 2.75) is 20.3 Å². The maximum absolute atomic E-state index is 11.6. The summed E-state index contributed by atoms with van der Waals surface area (Å²) in [5, 5.41) is 5.99. The summed E-state index contributed by atoms with van der Waals surface area (Å²) in [5.74, 6) is 0.501. The first-order valence-electron chi connectivity index (χ1n) is 6.93. The highest BCUT2D eigenvalue weighted by Gasteiger charge is 2.06. The van der Waals surface area contributed by atoms with Gasteiger partial charge in [-0.3, -0.25) is 9.59 Å². The van der Waals surface area contributed by atoms with Gasteiger partial charge in [-0.15, -0.1) is 11.6 Å². The van der Waals surface area contributed by atoms with Crippen molar-refractivity contribution in [3.63, 3.8) is 0 Å². The van der Waals surface area contributed by atoms with E-state index < -0.39 is 0 Å². The molecular formula is C15H20Cl2N2O3. The molecule has 5 nitrogen and oxygen atoms in total. The zero-order chi connectivity index (χ0) is 16.5. The Labute approximate surface area is 140 Å². The molecule has 0 unspecified atom stereocenters. The van der Waals surface area contributed by atoms with Crippen LogP contribution in [0.15, 0.2) is 12.1 Å². The Morgan fingerprint density at radius 3 is 2.18 bits per heavy atom. The molecule has 1 aromatic rings. The molecule has 2 N–H and O–H groups in total. The number of carbonyl (C=O) groups excluding carboxylic acids is 2. The van der Waals surface area contributed by atoms with Gasteiger partial charge in [0, 0.05) is 30.4 Å². The number of rotatable bonds is 8. The molecular weight excluding hydrogens is 327 g/mol. The number of ether oxygens (including phenoxy) is 1. The molecule has 7 heteroatoms. The number of alkyl halides is 1. The normalized spacial score (nSPS) is 10.2. The Kier molecular flexibility index (Phi) is 8.06. The molecule has 0 aliphatic carbocycles. The number of nitrogens with one attached hydrogen (secondary N) is 2. The fourth-order valence-corrected chi connectivity index (χ4v) is 2.05. The van der Waals surface area contributed by atoms with Crippen LogP contribution in [0, 0.1) is 13.8 Å². The summed E-state index contributed by atoms with van der Waals surface area (Å²) >= 11 is 11.5. The summed E-state index contributed by atoms with van der Waals surface area (Å²) in [6.07, 6.45) is 0.272. The summed E-state index contributed by atoms with van der Waals surface area (Å²) in [6.45, 7) is 4.38. The molecule has 0 fully saturated rings. The molecule has 122 valence electrons. The van der Waals surface area contributed by atoms with Crippen molar-refractivity contribution in [2.75, 3.05) is 25.6 Å². The molecule has 22 heavy (non-hydrogen) atoms. The van der Waals surface area contributed by atoms with Crippen LogP contribution in [0.5, 0.6) is 5.75 Å². The van der Waals surface area contributed by atoms with Crippen LogP contribution in [-0.2, 0) is 9.59 Å². The second kappa shape index (κ2) is 9.54. The monoisotopic (exact) mass is 346 g/mol. The second-order valence-electron chi connectivity index (χ2n) is 4.80. The third kappa shape index (κ3) is 6.54. The lowest BCUT2D eigenvalue weighted by Gasteiger charge is -2.10. The van der Waals surface area contributed by atoms with Crippen molar-refractivity contribution in [1.82, 2.24) is 10.6 Å². The zero-order valence-electron chi connectivity index (χ0n) is 12.7. The molecule has 0 bridgehead atoms. The predicted octanol–water partition coefficient (Wildman–Crippen LogP) is 2.20. The lowest BCUT2D eigenvalue weighted by molar-refractivity contribution is -0.124. The van der Waals surface area contributed by atoms with Crippen LogP contribution >= 0.6 is 23.2 Å². The van der Waals surface area contributed by atoms with Gasteiger partial charge in [0.25, 0.3) is 5.91 Å². The van der Waals surface area contributed by atoms with Gasteiger partial charge in [-0.25, -0.2) is 0 Å². The van der Waals surface area contributed by atoms with Gasteiger partial charge >= 0.3 is 0 Å². The van der Waals surface area contributed by atoms with Crippen molar-refractivity contribution in [3.05, 3.63) is 28.3 Å². The van der Waals surface area contributed by atoms with Gasteiger partial charge in [-0.05, 0) is 37.1 Å². The number of amides is 2. The third-order valence-electron chi connectivity index (χ3n) is 2.87. The summed E-state index contributed by atoms with van der Waals surface area (Å²) < 4.78 is 5.43. The van der Waals surface area contributed by atoms with Crippen molar-refractivity contribution >= 4 is 35.0 Å². The van der Waals surface area contributed by atoms with Crippen LogP contribution in [0.4, 0.5) is 0 Å². The lowest BCUT2D eigenvalue weighted by Crippen LogP contribution is -2.36. The molecule has 0 radical (unpaired) electrons. The van der Waals surface area contributed by atoms with E-state index in [4.69, 9.17) is 27.9 Å². The van der Waals surface area contributed by atoms with E-state index in [-0.39, 0.29) is 30.7 Å². The highest BCUT2D eigenvalue weighted by atomic mass is 35.5. The molecule has 0 heterocycles. The first-order valence-corrected chi connectivity index (χ1v) is 7.84. The molecule has 0 aliphatic heterocycles. The van der Waals surface area contributed by atoms with Gasteiger partial charge in [0.1, 0.15) is 5.75 Å². The van der Waals surface area contributed by atoms with E-state index in [9.17, 15) is 9.59 Å². The molecule has 0 saturated carbocycles. The zero-order valence-corrected chi connectivity index (χ0v) is 14.2. The molecule has 0 saturated heterocycles. The highest BCUT2D eigenvalue weighted by molar-refractivity contribution is 6.32. The standard InChI is InChI=1S/C15H20Cl2N2O3/c1-10-7-12(8-11(2)15(10)17)22-9-14(21)19-6-5-18-13(20)3-4-16/h7-8H,3-6,9H2,1-2H3,(H,18,20)(H,19,21). The van der Waals surface area contributed by atoms with Crippen LogP contribution in [0.1, 0.15) is 17.5 Å². The van der Waals surface area contributed by atoms with Gasteiger partial charge in [0.15, 0.2) is 6.61 Å². The van der Waals surface area contributed by atoms with Gasteiger partial charge in [0.2, 0.25) is 5.91 Å². The molecule has 1 aromatic carbocycles. The van der Waals surface area contributed by atoms with E-state index in [0.29, 0.717) is 23.9 Å². The molecule has 2 amide bonds. The van der Waals surface area contributed by atoms with Crippen molar-refractivity contribution in [2.24, 2.45) is 0 Å². The lowest BCUT2D eigenvalue weighted by atomic mass is 10.1. The van der Waals surface area contributed by atoms with Gasteiger partial charge in [-0.2, -0.15) is 0 Å². The van der Waals surface area contributed by atoms with E-state index >= 15 is 0 Å². The van der Waals surface area contributed by atoms with Gasteiger partial charge < -0.3 is 15.4 Å². The average molecular weight is 347 g/mol. The fraction of sp³-hybridized carbons (Fsp3) is 0.467. The van der Waals surface area contributed by atoms with Crippen LogP contribution in [0.2, 0.25) is 5.02 Å². The number of hydrogen-bond donors (Lipinski definition) is 2. The Morgan fingerprint density at radius 2 is 1.64 bits per heavy atom. The number of carbonyl (C=O) groups is 2. The smallest absolute Gasteiger partial charge is 0.258 e. The summed E-state index contributed by atoms with van der Waals surface area (Å²) in [7, 11) is 0. The summed E-state index contributed by atoms with van der Waals surface area (Å²) in [6, 6.07) is 3.57. The van der Waals surface area contributed by atoms with E-state index in [1.165, 1.54) is 0 Å². The predicted molar refractivity (Wildman–Crippen MR) is 87.8 cm³/mol. The fourth-order valence-electron chi connectivity index (χ4n) is 1.77. The Balaban J connectivity index is 2.27. The number of benzene rings is 1. The molecule has 0 aliphatic rings. The third-order valence-corrected chi connectivity index (χ3v) is 3.66. The highest BCUT2D eigenvalue weighted by Crippen LogP contribution is 2.25. The topological polar surface area (TPSA) is 67.4 Å². The Bertz CT molecular complexity index is 513. The molecule has 0 spiro atoms. The van der Waals surface area contributed by atoms with Crippen molar-refractivity contribution in [1.29, 1.82) is 0 Å². The van der Waals surface area contributed by atoms with Crippen LogP contribution in [-0.4, -0.2) is 37.4 Å². The SMILES string of the molecule is Cc1cc(OCC(=O)NCCNC(=O)CCCl)cc(C)c1Cl. The quantitative estimate of drug-likeness (QED) is 0.560. The van der Waals surface area contributed by atoms with Crippen LogP contribution in [0.3, 0.4) is 0 Å². The molecule has 1 rings (SSSR count). The van der Waals surface area contributed by atoms with Crippen molar-refractivity contribution < 1.29 is 14.3 Å². The van der Waals surface area contributed by atoms with Gasteiger partial charge in [-0.1, -0.05) is 11.6 Å². The minimum absolute atomic E-state index is 0.0872. The van der Waals surface area contributed by atoms with Crippen LogP contribution < -0.4 is 15.4 Å². The maximum Gasteiger partial charge on any atom is 0.258 e.